The molecule has 1 aliphatic heterocycles. The monoisotopic (exact) mass is 412 g/mol. The van der Waals surface area contributed by atoms with E-state index in [4.69, 9.17) is 9.26 Å². The number of fused-ring (bicyclic) bond motifs is 1. The van der Waals surface area contributed by atoms with Gasteiger partial charge in [-0.15, -0.1) is 4.52 Å². The Balaban J connectivity index is 1.84. The zero-order valence-electron chi connectivity index (χ0n) is 16.4. The lowest BCUT2D eigenvalue weighted by atomic mass is 9.93. The average Bonchev–Trinajstić information content (AvgIpc) is 3.24. The van der Waals surface area contributed by atoms with Crippen molar-refractivity contribution in [2.45, 2.75) is 63.8 Å². The highest BCUT2D eigenvalue weighted by atomic mass is 31.1. The molecule has 1 fully saturated rings. The minimum Gasteiger partial charge on any atom is -0.388 e. The number of nitrogens with one attached hydrogen (secondary N) is 1. The van der Waals surface area contributed by atoms with Gasteiger partial charge in [0, 0.05) is 13.5 Å². The van der Waals surface area contributed by atoms with Crippen molar-refractivity contribution < 1.29 is 24.0 Å². The van der Waals surface area contributed by atoms with Crippen LogP contribution in [-0.4, -0.2) is 66.9 Å². The predicted octanol–water partition coefficient (Wildman–Crippen LogP) is 1.82. The molecule has 0 aliphatic carbocycles. The summed E-state index contributed by atoms with van der Waals surface area (Å²) in [5.74, 6) is 0.559. The van der Waals surface area contributed by atoms with Crippen LogP contribution in [0.5, 0.6) is 0 Å². The van der Waals surface area contributed by atoms with E-state index in [1.807, 2.05) is 13.8 Å². The molecule has 0 radical (unpaired) electrons. The topological polar surface area (TPSA) is 132 Å². The molecule has 0 saturated carbocycles. The molecule has 0 aromatic carbocycles. The zero-order valence-corrected chi connectivity index (χ0v) is 17.3. The Hall–Kier alpha value is -1.71. The highest BCUT2D eigenvalue weighted by molar-refractivity contribution is 7.39. The van der Waals surface area contributed by atoms with Gasteiger partial charge in [-0.2, -0.15) is 0 Å². The van der Waals surface area contributed by atoms with Crippen LogP contribution in [0.4, 0.5) is 5.82 Å². The maximum absolute atomic E-state index is 11.9. The van der Waals surface area contributed by atoms with E-state index in [-0.39, 0.29) is 0 Å². The number of aliphatic hydroxyl groups excluding tert-OH is 2. The van der Waals surface area contributed by atoms with E-state index in [1.54, 1.807) is 18.5 Å². The summed E-state index contributed by atoms with van der Waals surface area (Å²) in [6, 6.07) is 0. The Labute approximate surface area is 164 Å². The predicted molar refractivity (Wildman–Crippen MR) is 103 cm³/mol. The molecule has 28 heavy (non-hydrogen) atoms. The number of ether oxygens (including phenoxy) is 1. The van der Waals surface area contributed by atoms with Gasteiger partial charge in [0.05, 0.1) is 12.4 Å². The first-order chi connectivity index (χ1) is 13.3. The summed E-state index contributed by atoms with van der Waals surface area (Å²) >= 11 is 0. The van der Waals surface area contributed by atoms with Gasteiger partial charge >= 0.3 is 8.03 Å². The lowest BCUT2D eigenvalue weighted by Gasteiger charge is -2.26. The number of aromatic nitrogens is 4. The molecule has 3 heterocycles. The van der Waals surface area contributed by atoms with Crippen LogP contribution in [0.25, 0.3) is 11.2 Å². The molecule has 0 bridgehead atoms. The lowest BCUT2D eigenvalue weighted by molar-refractivity contribution is -0.0619. The van der Waals surface area contributed by atoms with Gasteiger partial charge in [-0.25, -0.2) is 15.0 Å². The molecule has 11 heteroatoms. The normalized spacial score (nSPS) is 27.7. The molecule has 1 saturated heterocycles. The minimum absolute atomic E-state index is 0.294. The lowest BCUT2D eigenvalue weighted by Crippen LogP contribution is -2.38. The van der Waals surface area contributed by atoms with Crippen molar-refractivity contribution >= 4 is 25.0 Å². The summed E-state index contributed by atoms with van der Waals surface area (Å²) in [4.78, 5) is 12.6. The summed E-state index contributed by atoms with van der Waals surface area (Å²) in [5.41, 5.74) is 0.294. The van der Waals surface area contributed by atoms with Gasteiger partial charge in [-0.1, -0.05) is 6.92 Å². The SMILES string of the molecule is CC[P+](=O)OC(C)(CC)CC1O[C@H](n2cnc3c(NC)ncnc32)[C@H](O)[C@@H]1O. The number of hydrogen-bond donors (Lipinski definition) is 3. The highest BCUT2D eigenvalue weighted by Gasteiger charge is 2.48. The standard InChI is InChI=1S/C17H27N5O5P/c1-5-17(3,27-28(25)6-2)7-10-12(23)13(24)16(26-10)22-9-21-11-14(18-4)19-8-20-15(11)22/h8-10,12-13,16,23-24H,5-7H2,1-4H3,(H,18,19,20)/q+1/t10?,12-,13-,16+,17?/m1/s1. The van der Waals surface area contributed by atoms with Gasteiger partial charge in [0.2, 0.25) is 0 Å². The van der Waals surface area contributed by atoms with Crippen LogP contribution < -0.4 is 5.32 Å². The maximum atomic E-state index is 11.9. The van der Waals surface area contributed by atoms with Crippen molar-refractivity contribution in [3.8, 4) is 0 Å². The smallest absolute Gasteiger partial charge is 0.388 e. The summed E-state index contributed by atoms with van der Waals surface area (Å²) in [6.07, 6.45) is 0.366. The fraction of sp³-hybridized carbons (Fsp3) is 0.706. The number of imidazole rings is 1. The fourth-order valence-corrected chi connectivity index (χ4v) is 4.16. The van der Waals surface area contributed by atoms with E-state index in [0.717, 1.165) is 0 Å². The molecule has 0 spiro atoms. The van der Waals surface area contributed by atoms with Crippen molar-refractivity contribution in [2.24, 2.45) is 0 Å². The highest BCUT2D eigenvalue weighted by Crippen LogP contribution is 2.40. The van der Waals surface area contributed by atoms with Gasteiger partial charge in [0.25, 0.3) is 0 Å². The third-order valence-corrected chi connectivity index (χ3v) is 6.33. The second-order valence-electron chi connectivity index (χ2n) is 7.09. The van der Waals surface area contributed by atoms with E-state index in [1.165, 1.54) is 12.7 Å². The minimum atomic E-state index is -1.78. The van der Waals surface area contributed by atoms with Crippen LogP contribution in [0.15, 0.2) is 12.7 Å². The van der Waals surface area contributed by atoms with Crippen molar-refractivity contribution in [1.82, 2.24) is 19.5 Å². The molecular weight excluding hydrogens is 385 g/mol. The van der Waals surface area contributed by atoms with Crippen LogP contribution in [0, 0.1) is 0 Å². The second kappa shape index (κ2) is 8.34. The molecule has 1 aliphatic rings. The van der Waals surface area contributed by atoms with Gasteiger partial charge < -0.3 is 20.3 Å². The van der Waals surface area contributed by atoms with Gasteiger partial charge in [0.1, 0.15) is 29.7 Å². The number of anilines is 1. The van der Waals surface area contributed by atoms with E-state index in [9.17, 15) is 14.8 Å². The van der Waals surface area contributed by atoms with Crippen molar-refractivity contribution in [3.05, 3.63) is 12.7 Å². The Morgan fingerprint density at radius 2 is 2.07 bits per heavy atom. The zero-order chi connectivity index (χ0) is 20.5. The first-order valence-electron chi connectivity index (χ1n) is 9.34. The number of rotatable bonds is 8. The molecule has 2 aromatic heterocycles. The van der Waals surface area contributed by atoms with Crippen LogP contribution in [0.3, 0.4) is 0 Å². The summed E-state index contributed by atoms with van der Waals surface area (Å²) in [7, 11) is -0.0526. The number of nitrogens with zero attached hydrogens (tertiary/aromatic N) is 4. The van der Waals surface area contributed by atoms with E-state index in [2.05, 4.69) is 20.3 Å². The number of aliphatic hydroxyl groups is 2. The third-order valence-electron chi connectivity index (χ3n) is 5.17. The molecule has 0 amide bonds. The van der Waals surface area contributed by atoms with Crippen LogP contribution in [0.1, 0.15) is 39.8 Å². The van der Waals surface area contributed by atoms with Gasteiger partial charge in [0.15, 0.2) is 23.9 Å². The second-order valence-corrected chi connectivity index (χ2v) is 8.57. The Morgan fingerprint density at radius 1 is 1.32 bits per heavy atom. The quantitative estimate of drug-likeness (QED) is 0.556. The average molecular weight is 412 g/mol. The van der Waals surface area contributed by atoms with Gasteiger partial charge in [-0.3, -0.25) is 4.57 Å². The molecule has 3 rings (SSSR count). The van der Waals surface area contributed by atoms with Crippen LogP contribution in [0.2, 0.25) is 0 Å². The first kappa shape index (κ1) is 21.0. The van der Waals surface area contributed by atoms with Crippen LogP contribution in [-0.2, 0) is 13.8 Å². The van der Waals surface area contributed by atoms with Crippen molar-refractivity contribution in [2.75, 3.05) is 18.5 Å². The molecule has 154 valence electrons. The summed E-state index contributed by atoms with van der Waals surface area (Å²) in [5, 5.41) is 24.1. The number of hydrogen-bond acceptors (Lipinski definition) is 9. The molecule has 2 aromatic rings. The third kappa shape index (κ3) is 3.88. The van der Waals surface area contributed by atoms with E-state index in [0.29, 0.717) is 36.0 Å². The summed E-state index contributed by atoms with van der Waals surface area (Å²) < 4.78 is 25.2. The largest absolute Gasteiger partial charge is 0.508 e. The van der Waals surface area contributed by atoms with E-state index >= 15 is 0 Å². The molecule has 3 unspecified atom stereocenters. The molecule has 6 atom stereocenters. The molecule has 10 nitrogen and oxygen atoms in total. The summed E-state index contributed by atoms with van der Waals surface area (Å²) in [6.45, 7) is 5.55. The van der Waals surface area contributed by atoms with Gasteiger partial charge in [-0.05, 0) is 24.8 Å². The Bertz CT molecular complexity index is 848. The fourth-order valence-electron chi connectivity index (χ4n) is 3.33. The molecule has 3 N–H and O–H groups in total. The van der Waals surface area contributed by atoms with E-state index < -0.39 is 38.2 Å². The van der Waals surface area contributed by atoms with Crippen molar-refractivity contribution in [3.63, 3.8) is 0 Å². The molecular formula is C17H27N5O5P+. The van der Waals surface area contributed by atoms with Crippen molar-refractivity contribution in [1.29, 1.82) is 0 Å². The maximum Gasteiger partial charge on any atom is 0.508 e. The van der Waals surface area contributed by atoms with Crippen LogP contribution >= 0.6 is 8.03 Å². The Kier molecular flexibility index (Phi) is 6.26. The first-order valence-corrected chi connectivity index (χ1v) is 10.7. The Morgan fingerprint density at radius 3 is 2.71 bits per heavy atom.